The van der Waals surface area contributed by atoms with Gasteiger partial charge in [0.05, 0.1) is 17.6 Å². The van der Waals surface area contributed by atoms with Crippen molar-refractivity contribution >= 4 is 11.6 Å². The lowest BCUT2D eigenvalue weighted by molar-refractivity contribution is -0.148. The number of carbonyl (C=O) groups excluding carboxylic acids is 1. The molecule has 2 aromatic carbocycles. The van der Waals surface area contributed by atoms with Crippen LogP contribution in [0.25, 0.3) is 0 Å². The third-order valence-electron chi connectivity index (χ3n) is 6.66. The Hall–Kier alpha value is -2.37. The second-order valence-electron chi connectivity index (χ2n) is 8.30. The van der Waals surface area contributed by atoms with Crippen LogP contribution in [0.2, 0.25) is 0 Å². The number of para-hydroxylation sites is 1. The van der Waals surface area contributed by atoms with Crippen LogP contribution in [0.15, 0.2) is 60.7 Å². The minimum atomic E-state index is -1.55. The summed E-state index contributed by atoms with van der Waals surface area (Å²) in [5.74, 6) is -0.381. The van der Waals surface area contributed by atoms with Crippen LogP contribution in [0.5, 0.6) is 0 Å². The predicted molar refractivity (Wildman–Crippen MR) is 108 cm³/mol. The number of anilines is 1. The number of rotatable bonds is 3. The van der Waals surface area contributed by atoms with Gasteiger partial charge in [-0.2, -0.15) is 5.43 Å². The van der Waals surface area contributed by atoms with E-state index in [1.165, 1.54) is 19.3 Å². The average Bonchev–Trinajstić information content (AvgIpc) is 3.19. The van der Waals surface area contributed by atoms with E-state index in [9.17, 15) is 9.90 Å². The van der Waals surface area contributed by atoms with E-state index in [0.29, 0.717) is 6.54 Å². The zero-order valence-corrected chi connectivity index (χ0v) is 16.0. The summed E-state index contributed by atoms with van der Waals surface area (Å²) in [5, 5.41) is 13.5. The number of hydrogen-bond acceptors (Lipinski definition) is 4. The fraction of sp³-hybridized carbons (Fsp3) is 0.435. The van der Waals surface area contributed by atoms with Crippen LogP contribution in [-0.2, 0) is 4.79 Å². The number of carbonyl (C=O) groups is 1. The van der Waals surface area contributed by atoms with E-state index in [2.05, 4.69) is 17.6 Å². The smallest absolute Gasteiger partial charge is 0.272 e. The second-order valence-corrected chi connectivity index (χ2v) is 8.30. The van der Waals surface area contributed by atoms with Gasteiger partial charge in [-0.3, -0.25) is 9.80 Å². The van der Waals surface area contributed by atoms with E-state index >= 15 is 0 Å². The topological polar surface area (TPSA) is 55.8 Å². The summed E-state index contributed by atoms with van der Waals surface area (Å²) in [6.45, 7) is 0.593. The minimum absolute atomic E-state index is 0.105. The highest BCUT2D eigenvalue weighted by atomic mass is 16.3. The molecule has 3 atom stereocenters. The van der Waals surface area contributed by atoms with Crippen LogP contribution < -0.4 is 10.4 Å². The molecule has 2 heterocycles. The molecule has 2 aliphatic heterocycles. The number of amides is 1. The minimum Gasteiger partial charge on any atom is -0.366 e. The van der Waals surface area contributed by atoms with Gasteiger partial charge in [0.1, 0.15) is 0 Å². The number of nitrogens with one attached hydrogen (secondary N) is 1. The standard InChI is InChI=1S/C23H27N3O2/c27-22-23(28)20(16-25(22)18-12-6-2-7-13-18)21(17-10-4-1-5-11-17)26(24-23)19-14-8-3-9-15-19/h1,3-5,8-11,14-15,18,20-21,24,28H,2,6-7,12-13,16H2/t20-,21+,23+/m1/s1. The zero-order valence-electron chi connectivity index (χ0n) is 16.0. The Morgan fingerprint density at radius 3 is 2.25 bits per heavy atom. The molecule has 3 fully saturated rings. The molecule has 28 heavy (non-hydrogen) atoms. The van der Waals surface area contributed by atoms with Crippen LogP contribution in [0.4, 0.5) is 5.69 Å². The lowest BCUT2D eigenvalue weighted by Crippen LogP contribution is -2.55. The van der Waals surface area contributed by atoms with Crippen molar-refractivity contribution in [2.24, 2.45) is 5.92 Å². The summed E-state index contributed by atoms with van der Waals surface area (Å²) < 4.78 is 0. The van der Waals surface area contributed by atoms with Crippen molar-refractivity contribution in [3.63, 3.8) is 0 Å². The fourth-order valence-electron chi connectivity index (χ4n) is 5.25. The van der Waals surface area contributed by atoms with E-state index in [4.69, 9.17) is 0 Å². The number of nitrogens with zero attached hydrogens (tertiary/aromatic N) is 2. The number of likely N-dealkylation sites (tertiary alicyclic amines) is 1. The first-order valence-corrected chi connectivity index (χ1v) is 10.4. The van der Waals surface area contributed by atoms with Crippen LogP contribution in [0.1, 0.15) is 43.7 Å². The SMILES string of the molecule is O=C1N(C2CCCCC2)C[C@@H]2[C@H](c3ccccc3)N(c3ccccc3)N[C@@]12O. The van der Waals surface area contributed by atoms with Gasteiger partial charge in [-0.25, -0.2) is 0 Å². The van der Waals surface area contributed by atoms with Crippen LogP contribution in [0.3, 0.4) is 0 Å². The van der Waals surface area contributed by atoms with Gasteiger partial charge in [0, 0.05) is 12.6 Å². The van der Waals surface area contributed by atoms with Gasteiger partial charge in [0.15, 0.2) is 0 Å². The zero-order chi connectivity index (χ0) is 19.1. The highest BCUT2D eigenvalue weighted by Gasteiger charge is 2.63. The van der Waals surface area contributed by atoms with Gasteiger partial charge >= 0.3 is 0 Å². The molecule has 5 nitrogen and oxygen atoms in total. The fourth-order valence-corrected chi connectivity index (χ4v) is 5.25. The lowest BCUT2D eigenvalue weighted by Gasteiger charge is -2.35. The Labute approximate surface area is 165 Å². The first kappa shape index (κ1) is 17.7. The summed E-state index contributed by atoms with van der Waals surface area (Å²) in [5.41, 5.74) is 3.73. The quantitative estimate of drug-likeness (QED) is 0.862. The monoisotopic (exact) mass is 377 g/mol. The van der Waals surface area contributed by atoms with Crippen molar-refractivity contribution in [2.45, 2.75) is 49.9 Å². The highest BCUT2D eigenvalue weighted by molar-refractivity contribution is 5.89. The first-order chi connectivity index (χ1) is 13.7. The number of hydrogen-bond donors (Lipinski definition) is 2. The predicted octanol–water partition coefficient (Wildman–Crippen LogP) is 3.23. The second kappa shape index (κ2) is 6.90. The van der Waals surface area contributed by atoms with Crippen molar-refractivity contribution in [3.8, 4) is 0 Å². The van der Waals surface area contributed by atoms with Crippen LogP contribution >= 0.6 is 0 Å². The van der Waals surface area contributed by atoms with Crippen molar-refractivity contribution in [3.05, 3.63) is 66.2 Å². The molecule has 2 aromatic rings. The molecule has 0 spiro atoms. The Morgan fingerprint density at radius 2 is 1.57 bits per heavy atom. The Balaban J connectivity index is 1.53. The molecule has 0 unspecified atom stereocenters. The lowest BCUT2D eigenvalue weighted by atomic mass is 9.88. The molecule has 5 rings (SSSR count). The van der Waals surface area contributed by atoms with Crippen LogP contribution in [-0.4, -0.2) is 34.2 Å². The van der Waals surface area contributed by atoms with Gasteiger partial charge in [0.2, 0.25) is 5.72 Å². The average molecular weight is 377 g/mol. The molecule has 3 aliphatic rings. The molecule has 2 N–H and O–H groups in total. The van der Waals surface area contributed by atoms with E-state index in [-0.39, 0.29) is 23.9 Å². The molecular weight excluding hydrogens is 350 g/mol. The molecule has 1 aliphatic carbocycles. The number of aliphatic hydroxyl groups is 1. The first-order valence-electron chi connectivity index (χ1n) is 10.4. The number of fused-ring (bicyclic) bond motifs is 1. The van der Waals surface area contributed by atoms with Gasteiger partial charge < -0.3 is 10.0 Å². The van der Waals surface area contributed by atoms with Crippen molar-refractivity contribution in [2.75, 3.05) is 11.6 Å². The maximum absolute atomic E-state index is 13.3. The van der Waals surface area contributed by atoms with Gasteiger partial charge in [-0.15, -0.1) is 0 Å². The third-order valence-corrected chi connectivity index (χ3v) is 6.66. The van der Waals surface area contributed by atoms with Crippen LogP contribution in [0, 0.1) is 5.92 Å². The molecule has 1 saturated carbocycles. The summed E-state index contributed by atoms with van der Waals surface area (Å²) in [4.78, 5) is 15.3. The highest BCUT2D eigenvalue weighted by Crippen LogP contribution is 2.48. The Bertz CT molecular complexity index is 837. The summed E-state index contributed by atoms with van der Waals surface area (Å²) >= 11 is 0. The normalized spacial score (nSPS) is 30.7. The summed E-state index contributed by atoms with van der Waals surface area (Å²) in [7, 11) is 0. The van der Waals surface area contributed by atoms with Crippen molar-refractivity contribution < 1.29 is 9.90 Å². The number of hydrazine groups is 1. The summed E-state index contributed by atoms with van der Waals surface area (Å²) in [6.07, 6.45) is 5.69. The Kier molecular flexibility index (Phi) is 4.37. The van der Waals surface area contributed by atoms with E-state index in [0.717, 1.165) is 24.1 Å². The third kappa shape index (κ3) is 2.73. The maximum atomic E-state index is 13.3. The van der Waals surface area contributed by atoms with Crippen molar-refractivity contribution in [1.82, 2.24) is 10.3 Å². The Morgan fingerprint density at radius 1 is 0.929 bits per heavy atom. The molecule has 0 bridgehead atoms. The van der Waals surface area contributed by atoms with Gasteiger partial charge in [0.25, 0.3) is 5.91 Å². The largest absolute Gasteiger partial charge is 0.366 e. The molecular formula is C23H27N3O2. The van der Waals surface area contributed by atoms with Gasteiger partial charge in [-0.1, -0.05) is 67.8 Å². The van der Waals surface area contributed by atoms with E-state index in [1.807, 2.05) is 58.4 Å². The molecule has 0 aromatic heterocycles. The van der Waals surface area contributed by atoms with E-state index in [1.54, 1.807) is 0 Å². The van der Waals surface area contributed by atoms with Gasteiger partial charge in [-0.05, 0) is 30.5 Å². The van der Waals surface area contributed by atoms with Crippen molar-refractivity contribution in [1.29, 1.82) is 0 Å². The molecule has 1 amide bonds. The molecule has 2 saturated heterocycles. The number of benzene rings is 2. The summed E-state index contributed by atoms with van der Waals surface area (Å²) in [6, 6.07) is 20.3. The molecule has 146 valence electrons. The van der Waals surface area contributed by atoms with E-state index < -0.39 is 5.72 Å². The molecule has 5 heteroatoms. The molecule has 0 radical (unpaired) electrons. The maximum Gasteiger partial charge on any atom is 0.272 e.